The minimum Gasteiger partial charge on any atom is -0.494 e. The Labute approximate surface area is 147 Å². The van der Waals surface area contributed by atoms with Gasteiger partial charge in [-0.15, -0.1) is 0 Å². The second kappa shape index (κ2) is 4.74. The van der Waals surface area contributed by atoms with Gasteiger partial charge in [-0.05, 0) is 44.9 Å². The topological polar surface area (TPSA) is 81.2 Å². The fourth-order valence-electron chi connectivity index (χ4n) is 4.45. The van der Waals surface area contributed by atoms with E-state index < -0.39 is 28.4 Å². The van der Waals surface area contributed by atoms with E-state index in [2.05, 4.69) is 5.32 Å². The molecule has 136 valence electrons. The molecule has 0 radical (unpaired) electrons. The summed E-state index contributed by atoms with van der Waals surface area (Å²) < 4.78 is 40.8. The molecule has 2 bridgehead atoms. The quantitative estimate of drug-likeness (QED) is 0.723. The van der Waals surface area contributed by atoms with Crippen molar-refractivity contribution < 1.29 is 23.4 Å². The highest BCUT2D eigenvalue weighted by Crippen LogP contribution is 2.60. The number of aromatic nitrogens is 1. The van der Waals surface area contributed by atoms with Crippen LogP contribution in [0.25, 0.3) is 5.69 Å². The molecule has 2 aliphatic heterocycles. The number of hydrogen-bond acceptors (Lipinski definition) is 4. The lowest BCUT2D eigenvalue weighted by Gasteiger charge is -2.22. The molecule has 26 heavy (non-hydrogen) atoms. The molecule has 2 aliphatic rings. The number of nitrogens with zero attached hydrogens (tertiary/aromatic N) is 2. The molecule has 0 saturated carbocycles. The maximum Gasteiger partial charge on any atom is 0.417 e. The Hall–Kier alpha value is -2.66. The largest absolute Gasteiger partial charge is 0.494 e. The number of fused-ring (bicyclic) bond motifs is 5. The molecule has 2 unspecified atom stereocenters. The summed E-state index contributed by atoms with van der Waals surface area (Å²) in [5.41, 5.74) is -1.73. The molecule has 3 N–H and O–H groups in total. The van der Waals surface area contributed by atoms with Crippen molar-refractivity contribution in [2.45, 2.75) is 43.9 Å². The van der Waals surface area contributed by atoms with Gasteiger partial charge in [-0.3, -0.25) is 9.88 Å². The van der Waals surface area contributed by atoms with Gasteiger partial charge in [0, 0.05) is 22.2 Å². The van der Waals surface area contributed by atoms with Gasteiger partial charge >= 0.3 is 6.18 Å². The van der Waals surface area contributed by atoms with E-state index in [9.17, 15) is 23.4 Å². The Balaban J connectivity index is 1.97. The summed E-state index contributed by atoms with van der Waals surface area (Å²) in [6.45, 7) is 3.79. The maximum atomic E-state index is 13.3. The minimum atomic E-state index is -4.72. The number of hydrogen-bond donors (Lipinski definition) is 3. The lowest BCUT2D eigenvalue weighted by molar-refractivity contribution is -0.137. The zero-order valence-electron chi connectivity index (χ0n) is 14.1. The summed E-state index contributed by atoms with van der Waals surface area (Å²) >= 11 is 0. The van der Waals surface area contributed by atoms with Gasteiger partial charge in [0.15, 0.2) is 0 Å². The fraction of sp³-hybridized carbons (Fsp3) is 0.389. The average molecular weight is 363 g/mol. The van der Waals surface area contributed by atoms with E-state index in [1.807, 2.05) is 13.8 Å². The number of aromatic hydroxyl groups is 2. The number of nitriles is 1. The predicted octanol–water partition coefficient (Wildman–Crippen LogP) is 3.61. The summed E-state index contributed by atoms with van der Waals surface area (Å²) in [4.78, 5) is 0. The Morgan fingerprint density at radius 3 is 2.12 bits per heavy atom. The molecule has 0 amide bonds. The van der Waals surface area contributed by atoms with Crippen LogP contribution in [0.3, 0.4) is 0 Å². The lowest BCUT2D eigenvalue weighted by atomic mass is 9.80. The zero-order chi connectivity index (χ0) is 19.1. The Morgan fingerprint density at radius 2 is 1.65 bits per heavy atom. The second-order valence-electron chi connectivity index (χ2n) is 7.36. The number of rotatable bonds is 1. The van der Waals surface area contributed by atoms with E-state index in [0.29, 0.717) is 11.1 Å². The molecule has 0 aliphatic carbocycles. The Morgan fingerprint density at radius 1 is 1.12 bits per heavy atom. The van der Waals surface area contributed by atoms with Gasteiger partial charge in [-0.2, -0.15) is 18.4 Å². The SMILES string of the molecule is CC12CCC(C)(N1)c1c2c(O)n(-c2ccc(C#N)c(C(F)(F)F)c2)c1O. The average Bonchev–Trinajstić information content (AvgIpc) is 3.10. The van der Waals surface area contributed by atoms with E-state index in [1.54, 1.807) is 0 Å². The van der Waals surface area contributed by atoms with Gasteiger partial charge in [-0.1, -0.05) is 0 Å². The highest BCUT2D eigenvalue weighted by molar-refractivity contribution is 5.63. The standard InChI is InChI=1S/C18H16F3N3O2/c1-16-5-6-17(2,23-16)13-12(16)14(25)24(15(13)26)10-4-3-9(8-22)11(7-10)18(19,20)21/h3-4,7,23,25-26H,5-6H2,1-2H3. The molecular weight excluding hydrogens is 347 g/mol. The van der Waals surface area contributed by atoms with Gasteiger partial charge in [0.25, 0.3) is 0 Å². The van der Waals surface area contributed by atoms with Gasteiger partial charge in [0.1, 0.15) is 0 Å². The maximum absolute atomic E-state index is 13.3. The van der Waals surface area contributed by atoms with Crippen molar-refractivity contribution in [1.29, 1.82) is 5.26 Å². The van der Waals surface area contributed by atoms with Crippen LogP contribution in [0.4, 0.5) is 13.2 Å². The molecule has 5 nitrogen and oxygen atoms in total. The monoisotopic (exact) mass is 363 g/mol. The van der Waals surface area contributed by atoms with Crippen LogP contribution in [0.5, 0.6) is 11.8 Å². The zero-order valence-corrected chi connectivity index (χ0v) is 14.1. The molecule has 8 heteroatoms. The van der Waals surface area contributed by atoms with Crippen LogP contribution < -0.4 is 5.32 Å². The van der Waals surface area contributed by atoms with Crippen molar-refractivity contribution >= 4 is 0 Å². The van der Waals surface area contributed by atoms with Crippen molar-refractivity contribution in [2.75, 3.05) is 0 Å². The number of alkyl halides is 3. The van der Waals surface area contributed by atoms with Crippen molar-refractivity contribution in [3.63, 3.8) is 0 Å². The first kappa shape index (κ1) is 16.8. The summed E-state index contributed by atoms with van der Waals surface area (Å²) in [5, 5.41) is 33.8. The van der Waals surface area contributed by atoms with Crippen LogP contribution in [-0.4, -0.2) is 14.8 Å². The molecule has 3 heterocycles. The van der Waals surface area contributed by atoms with Crippen LogP contribution in [-0.2, 0) is 17.3 Å². The van der Waals surface area contributed by atoms with E-state index >= 15 is 0 Å². The number of halogens is 3. The third-order valence-electron chi connectivity index (χ3n) is 5.59. The smallest absolute Gasteiger partial charge is 0.417 e. The van der Waals surface area contributed by atoms with Crippen molar-refractivity contribution in [1.82, 2.24) is 9.88 Å². The summed E-state index contributed by atoms with van der Waals surface area (Å²) in [7, 11) is 0. The van der Waals surface area contributed by atoms with Gasteiger partial charge in [0.2, 0.25) is 11.8 Å². The highest BCUT2D eigenvalue weighted by Gasteiger charge is 2.57. The van der Waals surface area contributed by atoms with Crippen molar-refractivity contribution in [3.8, 4) is 23.5 Å². The summed E-state index contributed by atoms with van der Waals surface area (Å²) in [5.74, 6) is -0.567. The first-order valence-corrected chi connectivity index (χ1v) is 8.10. The molecule has 1 aromatic heterocycles. The van der Waals surface area contributed by atoms with Gasteiger partial charge in [-0.25, -0.2) is 0 Å². The van der Waals surface area contributed by atoms with E-state index in [0.717, 1.165) is 29.5 Å². The first-order chi connectivity index (χ1) is 12.0. The Bertz CT molecular complexity index is 950. The van der Waals surface area contributed by atoms with Gasteiger partial charge < -0.3 is 10.2 Å². The molecule has 1 aromatic carbocycles. The van der Waals surface area contributed by atoms with E-state index in [1.165, 1.54) is 12.1 Å². The predicted molar refractivity (Wildman–Crippen MR) is 85.9 cm³/mol. The highest BCUT2D eigenvalue weighted by atomic mass is 19.4. The molecule has 0 spiro atoms. The third-order valence-corrected chi connectivity index (χ3v) is 5.59. The lowest BCUT2D eigenvalue weighted by Crippen LogP contribution is -2.35. The molecule has 1 fully saturated rings. The Kier molecular flexibility index (Phi) is 3.06. The van der Waals surface area contributed by atoms with Crippen LogP contribution in [0.1, 0.15) is 48.9 Å². The van der Waals surface area contributed by atoms with Crippen LogP contribution in [0, 0.1) is 11.3 Å². The number of nitrogens with one attached hydrogen (secondary N) is 1. The number of benzene rings is 1. The van der Waals surface area contributed by atoms with E-state index in [4.69, 9.17) is 5.26 Å². The third kappa shape index (κ3) is 1.95. The van der Waals surface area contributed by atoms with Crippen LogP contribution >= 0.6 is 0 Å². The molecule has 4 rings (SSSR count). The molecule has 1 saturated heterocycles. The van der Waals surface area contributed by atoms with Crippen LogP contribution in [0.2, 0.25) is 0 Å². The normalized spacial score (nSPS) is 26.8. The second-order valence-corrected chi connectivity index (χ2v) is 7.36. The van der Waals surface area contributed by atoms with Crippen LogP contribution in [0.15, 0.2) is 18.2 Å². The molecule has 2 atom stereocenters. The first-order valence-electron chi connectivity index (χ1n) is 8.10. The summed E-state index contributed by atoms with van der Waals surface area (Å²) in [6, 6.07) is 4.61. The summed E-state index contributed by atoms with van der Waals surface area (Å²) in [6.07, 6.45) is -3.23. The molecular formula is C18H16F3N3O2. The molecule has 2 aromatic rings. The van der Waals surface area contributed by atoms with Gasteiger partial charge in [0.05, 0.1) is 22.9 Å². The van der Waals surface area contributed by atoms with Crippen molar-refractivity contribution in [2.24, 2.45) is 0 Å². The van der Waals surface area contributed by atoms with Crippen molar-refractivity contribution in [3.05, 3.63) is 40.5 Å². The minimum absolute atomic E-state index is 0.0488. The fourth-order valence-corrected chi connectivity index (χ4v) is 4.45. The van der Waals surface area contributed by atoms with E-state index in [-0.39, 0.29) is 17.4 Å².